The Labute approximate surface area is 152 Å². The number of carbonyl (C=O) groups excluding carboxylic acids is 2. The third kappa shape index (κ3) is 4.99. The molecule has 0 saturated carbocycles. The number of amides is 2. The molecule has 26 heavy (non-hydrogen) atoms. The second kappa shape index (κ2) is 8.38. The third-order valence-corrected chi connectivity index (χ3v) is 4.06. The first-order chi connectivity index (χ1) is 12.6. The van der Waals surface area contributed by atoms with E-state index in [1.807, 2.05) is 37.3 Å². The lowest BCUT2D eigenvalue weighted by Gasteiger charge is -2.17. The number of aryl methyl sites for hydroxylation is 2. The lowest BCUT2D eigenvalue weighted by Crippen LogP contribution is -2.32. The molecule has 0 aromatic heterocycles. The molecule has 0 radical (unpaired) electrons. The maximum absolute atomic E-state index is 11.9. The Kier molecular flexibility index (Phi) is 5.73. The summed E-state index contributed by atoms with van der Waals surface area (Å²) in [7, 11) is 0. The van der Waals surface area contributed by atoms with E-state index in [4.69, 9.17) is 9.47 Å². The van der Waals surface area contributed by atoms with Gasteiger partial charge < -0.3 is 20.1 Å². The number of carbonyl (C=O) groups is 2. The Morgan fingerprint density at radius 2 is 1.85 bits per heavy atom. The SMILES string of the molecule is Cc1ccc(OCCNC(=O)COc2ccc3c(c2)CCC(=O)N3)cc1. The van der Waals surface area contributed by atoms with Crippen LogP contribution in [-0.2, 0) is 16.0 Å². The van der Waals surface area contributed by atoms with Crippen molar-refractivity contribution in [3.63, 3.8) is 0 Å². The fraction of sp³-hybridized carbons (Fsp3) is 0.300. The van der Waals surface area contributed by atoms with Crippen molar-refractivity contribution in [1.82, 2.24) is 5.32 Å². The van der Waals surface area contributed by atoms with Gasteiger partial charge in [-0.3, -0.25) is 9.59 Å². The first kappa shape index (κ1) is 17.8. The topological polar surface area (TPSA) is 76.7 Å². The lowest BCUT2D eigenvalue weighted by molar-refractivity contribution is -0.123. The number of hydrogen-bond donors (Lipinski definition) is 2. The molecule has 0 spiro atoms. The van der Waals surface area contributed by atoms with Crippen molar-refractivity contribution in [2.24, 2.45) is 0 Å². The number of anilines is 1. The summed E-state index contributed by atoms with van der Waals surface area (Å²) in [4.78, 5) is 23.2. The predicted molar refractivity (Wildman–Crippen MR) is 98.6 cm³/mol. The van der Waals surface area contributed by atoms with Crippen LogP contribution in [0.5, 0.6) is 11.5 Å². The molecule has 2 amide bonds. The highest BCUT2D eigenvalue weighted by atomic mass is 16.5. The van der Waals surface area contributed by atoms with Crippen molar-refractivity contribution in [2.45, 2.75) is 19.8 Å². The second-order valence-electron chi connectivity index (χ2n) is 6.17. The van der Waals surface area contributed by atoms with Crippen LogP contribution in [0.3, 0.4) is 0 Å². The highest BCUT2D eigenvalue weighted by Crippen LogP contribution is 2.26. The summed E-state index contributed by atoms with van der Waals surface area (Å²) in [5.74, 6) is 1.22. The zero-order valence-corrected chi connectivity index (χ0v) is 14.7. The maximum Gasteiger partial charge on any atom is 0.258 e. The molecule has 6 nitrogen and oxygen atoms in total. The van der Waals surface area contributed by atoms with E-state index < -0.39 is 0 Å². The maximum atomic E-state index is 11.9. The van der Waals surface area contributed by atoms with E-state index in [9.17, 15) is 9.59 Å². The Morgan fingerprint density at radius 1 is 1.08 bits per heavy atom. The molecule has 2 aromatic rings. The molecule has 1 aliphatic heterocycles. The molecular weight excluding hydrogens is 332 g/mol. The molecule has 2 aromatic carbocycles. The average Bonchev–Trinajstić information content (AvgIpc) is 2.65. The van der Waals surface area contributed by atoms with Gasteiger partial charge in [0, 0.05) is 12.1 Å². The highest BCUT2D eigenvalue weighted by Gasteiger charge is 2.15. The van der Waals surface area contributed by atoms with Gasteiger partial charge in [0.2, 0.25) is 5.91 Å². The van der Waals surface area contributed by atoms with Crippen LogP contribution in [0.2, 0.25) is 0 Å². The summed E-state index contributed by atoms with van der Waals surface area (Å²) in [6.07, 6.45) is 1.15. The number of benzene rings is 2. The number of nitrogens with one attached hydrogen (secondary N) is 2. The molecule has 1 aliphatic rings. The summed E-state index contributed by atoms with van der Waals surface area (Å²) in [6, 6.07) is 13.2. The smallest absolute Gasteiger partial charge is 0.258 e. The zero-order chi connectivity index (χ0) is 18.4. The summed E-state index contributed by atoms with van der Waals surface area (Å²) in [6.45, 7) is 2.76. The Bertz CT molecular complexity index is 787. The summed E-state index contributed by atoms with van der Waals surface area (Å²) in [5.41, 5.74) is 3.01. The molecule has 0 unspecified atom stereocenters. The number of rotatable bonds is 7. The van der Waals surface area contributed by atoms with E-state index in [2.05, 4.69) is 10.6 Å². The zero-order valence-electron chi connectivity index (χ0n) is 14.7. The van der Waals surface area contributed by atoms with E-state index in [1.165, 1.54) is 5.56 Å². The van der Waals surface area contributed by atoms with Gasteiger partial charge in [0.15, 0.2) is 6.61 Å². The van der Waals surface area contributed by atoms with E-state index in [0.717, 1.165) is 17.0 Å². The average molecular weight is 354 g/mol. The fourth-order valence-electron chi connectivity index (χ4n) is 2.64. The van der Waals surface area contributed by atoms with Crippen LogP contribution in [0.1, 0.15) is 17.5 Å². The molecule has 0 fully saturated rings. The Morgan fingerprint density at radius 3 is 2.65 bits per heavy atom. The molecule has 0 saturated heterocycles. The second-order valence-corrected chi connectivity index (χ2v) is 6.17. The largest absolute Gasteiger partial charge is 0.492 e. The van der Waals surface area contributed by atoms with E-state index >= 15 is 0 Å². The van der Waals surface area contributed by atoms with Crippen LogP contribution in [0.15, 0.2) is 42.5 Å². The van der Waals surface area contributed by atoms with Crippen LogP contribution in [0.25, 0.3) is 0 Å². The molecule has 0 bridgehead atoms. The quantitative estimate of drug-likeness (QED) is 0.749. The molecule has 0 atom stereocenters. The van der Waals surface area contributed by atoms with E-state index in [1.54, 1.807) is 12.1 Å². The Balaban J connectivity index is 1.37. The first-order valence-corrected chi connectivity index (χ1v) is 8.62. The van der Waals surface area contributed by atoms with Crippen molar-refractivity contribution < 1.29 is 19.1 Å². The van der Waals surface area contributed by atoms with Gasteiger partial charge in [0.05, 0.1) is 6.54 Å². The predicted octanol–water partition coefficient (Wildman–Crippen LogP) is 2.45. The number of ether oxygens (including phenoxy) is 2. The minimum absolute atomic E-state index is 0.0263. The van der Waals surface area contributed by atoms with Crippen molar-refractivity contribution >= 4 is 17.5 Å². The van der Waals surface area contributed by atoms with Crippen LogP contribution in [0, 0.1) is 6.92 Å². The summed E-state index contributed by atoms with van der Waals surface area (Å²) >= 11 is 0. The third-order valence-electron chi connectivity index (χ3n) is 4.06. The summed E-state index contributed by atoms with van der Waals surface area (Å²) in [5, 5.41) is 5.57. The van der Waals surface area contributed by atoms with Crippen LogP contribution >= 0.6 is 0 Å². The molecule has 6 heteroatoms. The van der Waals surface area contributed by atoms with Gasteiger partial charge in [-0.2, -0.15) is 0 Å². The van der Waals surface area contributed by atoms with Gasteiger partial charge in [-0.1, -0.05) is 17.7 Å². The van der Waals surface area contributed by atoms with Crippen molar-refractivity contribution in [3.8, 4) is 11.5 Å². The van der Waals surface area contributed by atoms with Gasteiger partial charge in [-0.25, -0.2) is 0 Å². The molecular formula is C20H22N2O4. The molecule has 2 N–H and O–H groups in total. The normalized spacial score (nSPS) is 12.7. The molecule has 3 rings (SSSR count). The van der Waals surface area contributed by atoms with Crippen LogP contribution < -0.4 is 20.1 Å². The first-order valence-electron chi connectivity index (χ1n) is 8.62. The minimum atomic E-state index is -0.205. The van der Waals surface area contributed by atoms with Gasteiger partial charge in [0.1, 0.15) is 18.1 Å². The van der Waals surface area contributed by atoms with Gasteiger partial charge in [0.25, 0.3) is 5.91 Å². The molecule has 1 heterocycles. The van der Waals surface area contributed by atoms with Crippen molar-refractivity contribution in [3.05, 3.63) is 53.6 Å². The minimum Gasteiger partial charge on any atom is -0.492 e. The summed E-state index contributed by atoms with van der Waals surface area (Å²) < 4.78 is 11.1. The lowest BCUT2D eigenvalue weighted by atomic mass is 10.0. The Hall–Kier alpha value is -3.02. The standard InChI is InChI=1S/C20H22N2O4/c1-14-2-5-16(6-3-14)25-11-10-21-20(24)13-26-17-7-8-18-15(12-17)4-9-19(23)22-18/h2-3,5-8,12H,4,9-11,13H2,1H3,(H,21,24)(H,22,23). The molecule has 136 valence electrons. The monoisotopic (exact) mass is 354 g/mol. The number of fused-ring (bicyclic) bond motifs is 1. The van der Waals surface area contributed by atoms with Gasteiger partial charge in [-0.05, 0) is 49.2 Å². The van der Waals surface area contributed by atoms with Crippen molar-refractivity contribution in [2.75, 3.05) is 25.1 Å². The fourth-order valence-corrected chi connectivity index (χ4v) is 2.64. The molecule has 0 aliphatic carbocycles. The van der Waals surface area contributed by atoms with Crippen LogP contribution in [0.4, 0.5) is 5.69 Å². The van der Waals surface area contributed by atoms with Crippen molar-refractivity contribution in [1.29, 1.82) is 0 Å². The van der Waals surface area contributed by atoms with Crippen LogP contribution in [-0.4, -0.2) is 31.6 Å². The number of hydrogen-bond acceptors (Lipinski definition) is 4. The van der Waals surface area contributed by atoms with Gasteiger partial charge in [-0.15, -0.1) is 0 Å². The highest BCUT2D eigenvalue weighted by molar-refractivity contribution is 5.94. The van der Waals surface area contributed by atoms with E-state index in [0.29, 0.717) is 31.7 Å². The van der Waals surface area contributed by atoms with Gasteiger partial charge >= 0.3 is 0 Å². The van der Waals surface area contributed by atoms with E-state index in [-0.39, 0.29) is 18.4 Å².